The van der Waals surface area contributed by atoms with E-state index in [2.05, 4.69) is 5.16 Å². The molecule has 0 spiro atoms. The fraction of sp³-hybridized carbons (Fsp3) is 0.636. The number of aromatic nitrogens is 1. The van der Waals surface area contributed by atoms with Crippen molar-refractivity contribution in [3.63, 3.8) is 0 Å². The zero-order valence-electron chi connectivity index (χ0n) is 9.76. The van der Waals surface area contributed by atoms with Gasteiger partial charge in [-0.05, 0) is 19.4 Å². The smallest absolute Gasteiger partial charge is 0.320 e. The lowest BCUT2D eigenvalue weighted by Gasteiger charge is -2.19. The van der Waals surface area contributed by atoms with Crippen LogP contribution in [0.3, 0.4) is 0 Å². The van der Waals surface area contributed by atoms with Gasteiger partial charge in [-0.3, -0.25) is 9.69 Å². The number of hydrogen-bond acceptors (Lipinski definition) is 5. The van der Waals surface area contributed by atoms with E-state index in [9.17, 15) is 4.79 Å². The lowest BCUT2D eigenvalue weighted by molar-refractivity contribution is -0.142. The van der Waals surface area contributed by atoms with E-state index in [0.717, 1.165) is 18.7 Å². The first-order chi connectivity index (χ1) is 8.20. The summed E-state index contributed by atoms with van der Waals surface area (Å²) < 4.78 is 9.99. The lowest BCUT2D eigenvalue weighted by atomic mass is 10.2. The molecule has 1 N–H and O–H groups in total. The summed E-state index contributed by atoms with van der Waals surface area (Å²) in [6, 6.07) is 1.42. The summed E-state index contributed by atoms with van der Waals surface area (Å²) in [6.07, 6.45) is 1.62. The molecule has 0 bridgehead atoms. The third-order valence-electron chi connectivity index (χ3n) is 2.91. The molecule has 1 aromatic rings. The van der Waals surface area contributed by atoms with E-state index >= 15 is 0 Å². The molecule has 2 rings (SSSR count). The number of hydrogen-bond donors (Lipinski definition) is 1. The van der Waals surface area contributed by atoms with Crippen molar-refractivity contribution in [2.45, 2.75) is 32.0 Å². The highest BCUT2D eigenvalue weighted by Gasteiger charge is 2.30. The molecule has 0 amide bonds. The Hall–Kier alpha value is -1.40. The van der Waals surface area contributed by atoms with E-state index in [4.69, 9.17) is 14.4 Å². The van der Waals surface area contributed by atoms with Crippen LogP contribution in [0.5, 0.6) is 0 Å². The Morgan fingerprint density at radius 3 is 3.29 bits per heavy atom. The molecule has 1 fully saturated rings. The van der Waals surface area contributed by atoms with Gasteiger partial charge in [0.05, 0.1) is 5.69 Å². The van der Waals surface area contributed by atoms with Gasteiger partial charge >= 0.3 is 5.97 Å². The molecule has 1 atom stereocenters. The first kappa shape index (κ1) is 12.1. The first-order valence-electron chi connectivity index (χ1n) is 5.61. The molecule has 2 heterocycles. The molecule has 6 nitrogen and oxygen atoms in total. The monoisotopic (exact) mass is 240 g/mol. The number of methoxy groups -OCH3 is 1. The Balaban J connectivity index is 1.97. The zero-order chi connectivity index (χ0) is 12.3. The fourth-order valence-corrected chi connectivity index (χ4v) is 2.14. The zero-order valence-corrected chi connectivity index (χ0v) is 9.76. The Morgan fingerprint density at radius 2 is 2.59 bits per heavy atom. The predicted octanol–water partition coefficient (Wildman–Crippen LogP) is 0.870. The van der Waals surface area contributed by atoms with Crippen molar-refractivity contribution in [3.05, 3.63) is 17.5 Å². The van der Waals surface area contributed by atoms with Crippen LogP contribution in [0.1, 0.15) is 24.3 Å². The SMILES string of the molecule is COCc1cc(CN2CCCC2C(=O)O)no1. The number of nitrogens with zero attached hydrogens (tertiary/aromatic N) is 2. The Kier molecular flexibility index (Phi) is 3.75. The van der Waals surface area contributed by atoms with Crippen molar-refractivity contribution < 1.29 is 19.2 Å². The average molecular weight is 240 g/mol. The van der Waals surface area contributed by atoms with Crippen LogP contribution in [0, 0.1) is 0 Å². The number of ether oxygens (including phenoxy) is 1. The molecule has 1 aliphatic rings. The lowest BCUT2D eigenvalue weighted by Crippen LogP contribution is -2.35. The molecule has 6 heteroatoms. The summed E-state index contributed by atoms with van der Waals surface area (Å²) >= 11 is 0. The van der Waals surface area contributed by atoms with Crippen LogP contribution in [0.2, 0.25) is 0 Å². The van der Waals surface area contributed by atoms with Gasteiger partial charge < -0.3 is 14.4 Å². The molecular weight excluding hydrogens is 224 g/mol. The van der Waals surface area contributed by atoms with Crippen molar-refractivity contribution in [1.82, 2.24) is 10.1 Å². The molecular formula is C11H16N2O4. The minimum Gasteiger partial charge on any atom is -0.480 e. The largest absolute Gasteiger partial charge is 0.480 e. The second-order valence-electron chi connectivity index (χ2n) is 4.18. The number of carboxylic acid groups (broad SMARTS) is 1. The van der Waals surface area contributed by atoms with Gasteiger partial charge in [0, 0.05) is 19.7 Å². The molecule has 0 radical (unpaired) electrons. The summed E-state index contributed by atoms with van der Waals surface area (Å²) in [6.45, 7) is 1.70. The minimum atomic E-state index is -0.761. The molecule has 1 aliphatic heterocycles. The number of carbonyl (C=O) groups is 1. The van der Waals surface area contributed by atoms with Crippen LogP contribution in [0.25, 0.3) is 0 Å². The van der Waals surface area contributed by atoms with Crippen molar-refractivity contribution in [2.75, 3.05) is 13.7 Å². The topological polar surface area (TPSA) is 75.8 Å². The number of aliphatic carboxylic acids is 1. The summed E-state index contributed by atoms with van der Waals surface area (Å²) in [7, 11) is 1.59. The highest BCUT2D eigenvalue weighted by molar-refractivity contribution is 5.73. The highest BCUT2D eigenvalue weighted by atomic mass is 16.5. The second kappa shape index (κ2) is 5.29. The standard InChI is InChI=1S/C11H16N2O4/c1-16-7-9-5-8(12-17-9)6-13-4-2-3-10(13)11(14)15/h5,10H,2-4,6-7H2,1H3,(H,14,15). The Labute approximate surface area is 99.1 Å². The maximum Gasteiger partial charge on any atom is 0.320 e. The van der Waals surface area contributed by atoms with Crippen molar-refractivity contribution in [3.8, 4) is 0 Å². The van der Waals surface area contributed by atoms with Gasteiger partial charge in [-0.2, -0.15) is 0 Å². The maximum absolute atomic E-state index is 11.0. The van der Waals surface area contributed by atoms with Gasteiger partial charge in [0.1, 0.15) is 12.6 Å². The van der Waals surface area contributed by atoms with Crippen molar-refractivity contribution in [1.29, 1.82) is 0 Å². The summed E-state index contributed by atoms with van der Waals surface area (Å²) in [5.41, 5.74) is 0.755. The maximum atomic E-state index is 11.0. The normalized spacial score (nSPS) is 20.9. The van der Waals surface area contributed by atoms with Gasteiger partial charge in [-0.1, -0.05) is 5.16 Å². The number of rotatable bonds is 5. The molecule has 0 saturated carbocycles. The van der Waals surface area contributed by atoms with Gasteiger partial charge in [0.25, 0.3) is 0 Å². The second-order valence-corrected chi connectivity index (χ2v) is 4.18. The van der Waals surface area contributed by atoms with E-state index in [1.807, 2.05) is 4.90 Å². The number of carboxylic acids is 1. The van der Waals surface area contributed by atoms with Crippen LogP contribution in [0.15, 0.2) is 10.6 Å². The molecule has 17 heavy (non-hydrogen) atoms. The van der Waals surface area contributed by atoms with Gasteiger partial charge in [0.15, 0.2) is 5.76 Å². The van der Waals surface area contributed by atoms with E-state index in [0.29, 0.717) is 25.3 Å². The minimum absolute atomic E-state index is 0.384. The molecule has 94 valence electrons. The van der Waals surface area contributed by atoms with E-state index in [-0.39, 0.29) is 0 Å². The fourth-order valence-electron chi connectivity index (χ4n) is 2.14. The molecule has 1 aromatic heterocycles. The molecule has 0 aliphatic carbocycles. The van der Waals surface area contributed by atoms with Crippen LogP contribution in [-0.4, -0.2) is 40.8 Å². The van der Waals surface area contributed by atoms with Gasteiger partial charge in [-0.15, -0.1) is 0 Å². The van der Waals surface area contributed by atoms with Gasteiger partial charge in [-0.25, -0.2) is 0 Å². The summed E-state index contributed by atoms with van der Waals surface area (Å²) in [4.78, 5) is 12.9. The summed E-state index contributed by atoms with van der Waals surface area (Å²) in [5, 5.41) is 12.9. The quantitative estimate of drug-likeness (QED) is 0.823. The van der Waals surface area contributed by atoms with E-state index < -0.39 is 12.0 Å². The predicted molar refractivity (Wildman–Crippen MR) is 58.3 cm³/mol. The van der Waals surface area contributed by atoms with Gasteiger partial charge in [0.2, 0.25) is 0 Å². The van der Waals surface area contributed by atoms with Crippen molar-refractivity contribution in [2.24, 2.45) is 0 Å². The first-order valence-corrected chi connectivity index (χ1v) is 5.61. The third kappa shape index (κ3) is 2.83. The Morgan fingerprint density at radius 1 is 1.76 bits per heavy atom. The summed E-state index contributed by atoms with van der Waals surface area (Å²) in [5.74, 6) is -0.100. The number of likely N-dealkylation sites (tertiary alicyclic amines) is 1. The molecule has 1 saturated heterocycles. The Bertz CT molecular complexity index is 391. The molecule has 1 unspecified atom stereocenters. The average Bonchev–Trinajstić information content (AvgIpc) is 2.89. The van der Waals surface area contributed by atoms with E-state index in [1.54, 1.807) is 13.2 Å². The van der Waals surface area contributed by atoms with Crippen LogP contribution in [0.4, 0.5) is 0 Å². The van der Waals surface area contributed by atoms with Crippen LogP contribution < -0.4 is 0 Å². The highest BCUT2D eigenvalue weighted by Crippen LogP contribution is 2.20. The molecule has 0 aromatic carbocycles. The van der Waals surface area contributed by atoms with E-state index in [1.165, 1.54) is 0 Å². The third-order valence-corrected chi connectivity index (χ3v) is 2.91. The van der Waals surface area contributed by atoms with Crippen LogP contribution in [-0.2, 0) is 22.7 Å². The van der Waals surface area contributed by atoms with Crippen LogP contribution >= 0.6 is 0 Å². The van der Waals surface area contributed by atoms with Crippen molar-refractivity contribution >= 4 is 5.97 Å².